The van der Waals surface area contributed by atoms with E-state index in [-0.39, 0.29) is 12.5 Å². The van der Waals surface area contributed by atoms with Gasteiger partial charge in [0.25, 0.3) is 0 Å². The number of nitrogens with two attached hydrogens (primary N) is 2. The van der Waals surface area contributed by atoms with Crippen LogP contribution in [0.2, 0.25) is 5.02 Å². The third-order valence-electron chi connectivity index (χ3n) is 2.05. The molecule has 1 aromatic rings. The fourth-order valence-corrected chi connectivity index (χ4v) is 1.36. The lowest BCUT2D eigenvalue weighted by atomic mass is 10.0. The van der Waals surface area contributed by atoms with Crippen LogP contribution in [0.3, 0.4) is 0 Å². The van der Waals surface area contributed by atoms with Gasteiger partial charge < -0.3 is 11.5 Å². The van der Waals surface area contributed by atoms with Gasteiger partial charge in [0, 0.05) is 17.5 Å². The lowest BCUT2D eigenvalue weighted by molar-refractivity contribution is -0.118. The van der Waals surface area contributed by atoms with Crippen LogP contribution in [0.25, 0.3) is 0 Å². The summed E-state index contributed by atoms with van der Waals surface area (Å²) < 4.78 is 0. The monoisotopic (exact) mass is 212 g/mol. The molecule has 4 N–H and O–H groups in total. The fourth-order valence-electron chi connectivity index (χ4n) is 1.17. The number of hydrogen-bond donors (Lipinski definition) is 2. The first-order chi connectivity index (χ1) is 6.50. The number of rotatable bonds is 3. The molecule has 1 aromatic carbocycles. The minimum absolute atomic E-state index is 0.138. The van der Waals surface area contributed by atoms with Crippen molar-refractivity contribution in [1.82, 2.24) is 0 Å². The van der Waals surface area contributed by atoms with Crippen LogP contribution in [0.4, 0.5) is 0 Å². The van der Waals surface area contributed by atoms with Crippen molar-refractivity contribution < 1.29 is 4.79 Å². The largest absolute Gasteiger partial charge is 0.370 e. The minimum Gasteiger partial charge on any atom is -0.370 e. The van der Waals surface area contributed by atoms with Crippen LogP contribution in [0.15, 0.2) is 18.2 Å². The summed E-state index contributed by atoms with van der Waals surface area (Å²) in [5.41, 5.74) is 12.6. The molecule has 0 aliphatic carbocycles. The molecule has 0 bridgehead atoms. The molecule has 0 heterocycles. The zero-order chi connectivity index (χ0) is 10.7. The zero-order valence-corrected chi connectivity index (χ0v) is 8.71. The van der Waals surface area contributed by atoms with Gasteiger partial charge in [0.15, 0.2) is 0 Å². The molecule has 0 spiro atoms. The number of primary amides is 1. The van der Waals surface area contributed by atoms with Gasteiger partial charge in [-0.05, 0) is 24.1 Å². The van der Waals surface area contributed by atoms with E-state index in [0.717, 1.165) is 11.1 Å². The Morgan fingerprint density at radius 3 is 2.71 bits per heavy atom. The first-order valence-corrected chi connectivity index (χ1v) is 4.68. The van der Waals surface area contributed by atoms with Crippen molar-refractivity contribution in [2.24, 2.45) is 11.5 Å². The molecular weight excluding hydrogens is 200 g/mol. The molecule has 4 heteroatoms. The van der Waals surface area contributed by atoms with Gasteiger partial charge in [-0.25, -0.2) is 0 Å². The van der Waals surface area contributed by atoms with Crippen LogP contribution in [0.5, 0.6) is 0 Å². The molecule has 0 fully saturated rings. The van der Waals surface area contributed by atoms with Crippen LogP contribution < -0.4 is 11.5 Å². The zero-order valence-electron chi connectivity index (χ0n) is 7.96. The third kappa shape index (κ3) is 2.72. The molecule has 1 atom stereocenters. The van der Waals surface area contributed by atoms with E-state index in [2.05, 4.69) is 0 Å². The number of carbonyl (C=O) groups excluding carboxylic acids is 1. The lowest BCUT2D eigenvalue weighted by Gasteiger charge is -2.10. The van der Waals surface area contributed by atoms with Crippen molar-refractivity contribution in [3.05, 3.63) is 34.3 Å². The highest BCUT2D eigenvalue weighted by Gasteiger charge is 2.09. The van der Waals surface area contributed by atoms with Gasteiger partial charge in [-0.2, -0.15) is 0 Å². The Morgan fingerprint density at radius 2 is 2.21 bits per heavy atom. The molecule has 0 saturated carbocycles. The average Bonchev–Trinajstić information content (AvgIpc) is 2.08. The Labute approximate surface area is 88.0 Å². The molecule has 3 nitrogen and oxygen atoms in total. The predicted molar refractivity (Wildman–Crippen MR) is 56.9 cm³/mol. The van der Waals surface area contributed by atoms with Crippen molar-refractivity contribution in [1.29, 1.82) is 0 Å². The smallest absolute Gasteiger partial charge is 0.219 e. The second-order valence-corrected chi connectivity index (χ2v) is 3.69. The molecule has 76 valence electrons. The van der Waals surface area contributed by atoms with Gasteiger partial charge in [0.05, 0.1) is 0 Å². The van der Waals surface area contributed by atoms with Gasteiger partial charge in [0.1, 0.15) is 0 Å². The van der Waals surface area contributed by atoms with Crippen LogP contribution >= 0.6 is 11.6 Å². The van der Waals surface area contributed by atoms with Gasteiger partial charge >= 0.3 is 0 Å². The standard InChI is InChI=1S/C10H13ClN2O/c1-6-2-3-7(4-8(6)11)9(12)5-10(13)14/h2-4,9H,5,12H2,1H3,(H2,13,14)/t9-/m0/s1. The molecular formula is C10H13ClN2O. The minimum atomic E-state index is -0.408. The van der Waals surface area contributed by atoms with Crippen molar-refractivity contribution in [2.75, 3.05) is 0 Å². The summed E-state index contributed by atoms with van der Waals surface area (Å²) >= 11 is 5.92. The van der Waals surface area contributed by atoms with Gasteiger partial charge in [-0.3, -0.25) is 4.79 Å². The number of halogens is 1. The molecule has 0 unspecified atom stereocenters. The number of aryl methyl sites for hydroxylation is 1. The Bertz CT molecular complexity index is 352. The summed E-state index contributed by atoms with van der Waals surface area (Å²) in [6, 6.07) is 5.13. The first kappa shape index (κ1) is 11.0. The van der Waals surface area contributed by atoms with E-state index < -0.39 is 5.91 Å². The van der Waals surface area contributed by atoms with E-state index in [0.29, 0.717) is 5.02 Å². The van der Waals surface area contributed by atoms with E-state index in [4.69, 9.17) is 23.1 Å². The highest BCUT2D eigenvalue weighted by Crippen LogP contribution is 2.21. The summed E-state index contributed by atoms with van der Waals surface area (Å²) in [6.07, 6.45) is 0.138. The summed E-state index contributed by atoms with van der Waals surface area (Å²) in [6.45, 7) is 1.91. The molecule has 0 saturated heterocycles. The second kappa shape index (κ2) is 4.44. The summed E-state index contributed by atoms with van der Waals surface area (Å²) in [5, 5.41) is 0.655. The highest BCUT2D eigenvalue weighted by molar-refractivity contribution is 6.31. The van der Waals surface area contributed by atoms with Gasteiger partial charge in [0.2, 0.25) is 5.91 Å². The number of benzene rings is 1. The lowest BCUT2D eigenvalue weighted by Crippen LogP contribution is -2.20. The molecule has 1 rings (SSSR count). The van der Waals surface area contributed by atoms with Gasteiger partial charge in [-0.15, -0.1) is 0 Å². The van der Waals surface area contributed by atoms with Crippen molar-refractivity contribution in [2.45, 2.75) is 19.4 Å². The summed E-state index contributed by atoms with van der Waals surface area (Å²) in [4.78, 5) is 10.6. The highest BCUT2D eigenvalue weighted by atomic mass is 35.5. The molecule has 0 aromatic heterocycles. The topological polar surface area (TPSA) is 69.1 Å². The van der Waals surface area contributed by atoms with E-state index in [1.807, 2.05) is 19.1 Å². The average molecular weight is 213 g/mol. The maximum Gasteiger partial charge on any atom is 0.219 e. The van der Waals surface area contributed by atoms with Crippen molar-refractivity contribution in [3.63, 3.8) is 0 Å². The quantitative estimate of drug-likeness (QED) is 0.798. The SMILES string of the molecule is Cc1ccc([C@@H](N)CC(N)=O)cc1Cl. The van der Waals surface area contributed by atoms with E-state index in [1.54, 1.807) is 6.07 Å². The van der Waals surface area contributed by atoms with E-state index in [9.17, 15) is 4.79 Å². The van der Waals surface area contributed by atoms with Crippen LogP contribution in [-0.2, 0) is 4.79 Å². The van der Waals surface area contributed by atoms with Crippen LogP contribution in [0, 0.1) is 6.92 Å². The van der Waals surface area contributed by atoms with E-state index in [1.165, 1.54) is 0 Å². The van der Waals surface area contributed by atoms with E-state index >= 15 is 0 Å². The first-order valence-electron chi connectivity index (χ1n) is 4.30. The van der Waals surface area contributed by atoms with Gasteiger partial charge in [-0.1, -0.05) is 23.7 Å². The summed E-state index contributed by atoms with van der Waals surface area (Å²) in [5.74, 6) is -0.408. The molecule has 0 radical (unpaired) electrons. The molecule has 0 aliphatic heterocycles. The maximum absolute atomic E-state index is 10.6. The Hall–Kier alpha value is -1.06. The fraction of sp³-hybridized carbons (Fsp3) is 0.300. The van der Waals surface area contributed by atoms with Crippen LogP contribution in [0.1, 0.15) is 23.6 Å². The summed E-state index contributed by atoms with van der Waals surface area (Å²) in [7, 11) is 0. The van der Waals surface area contributed by atoms with Crippen molar-refractivity contribution in [3.8, 4) is 0 Å². The molecule has 1 amide bonds. The maximum atomic E-state index is 10.6. The Kier molecular flexibility index (Phi) is 3.49. The second-order valence-electron chi connectivity index (χ2n) is 3.29. The van der Waals surface area contributed by atoms with Crippen LogP contribution in [-0.4, -0.2) is 5.91 Å². The van der Waals surface area contributed by atoms with Crippen molar-refractivity contribution >= 4 is 17.5 Å². The number of amides is 1. The number of carbonyl (C=O) groups is 1. The predicted octanol–water partition coefficient (Wildman–Crippen LogP) is 1.52. The molecule has 14 heavy (non-hydrogen) atoms. The number of hydrogen-bond acceptors (Lipinski definition) is 2. The Balaban J connectivity index is 2.85. The normalized spacial score (nSPS) is 12.5. The Morgan fingerprint density at radius 1 is 1.57 bits per heavy atom. The third-order valence-corrected chi connectivity index (χ3v) is 2.45. The molecule has 0 aliphatic rings.